The van der Waals surface area contributed by atoms with E-state index in [1.165, 1.54) is 4.90 Å². The molecule has 33 heavy (non-hydrogen) atoms. The van der Waals surface area contributed by atoms with Gasteiger partial charge in [0.1, 0.15) is 0 Å². The summed E-state index contributed by atoms with van der Waals surface area (Å²) in [6, 6.07) is 15.9. The quantitative estimate of drug-likeness (QED) is 0.423. The maximum absolute atomic E-state index is 11.8. The third-order valence-electron chi connectivity index (χ3n) is 5.76. The molecular formula is C27H40N2O3Si. The molecule has 6 heteroatoms. The molecule has 0 heterocycles. The Labute approximate surface area is 201 Å². The van der Waals surface area contributed by atoms with Crippen molar-refractivity contribution < 1.29 is 14.3 Å². The number of hydrogen-bond acceptors (Lipinski definition) is 3. The van der Waals surface area contributed by atoms with E-state index in [0.717, 1.165) is 22.3 Å². The van der Waals surface area contributed by atoms with Gasteiger partial charge < -0.3 is 9.53 Å². The van der Waals surface area contributed by atoms with Crippen LogP contribution in [0.5, 0.6) is 0 Å². The molecule has 1 amide bonds. The molecule has 180 valence electrons. The van der Waals surface area contributed by atoms with Gasteiger partial charge in [0.05, 0.1) is 18.2 Å². The lowest BCUT2D eigenvalue weighted by Gasteiger charge is -2.33. The van der Waals surface area contributed by atoms with Crippen molar-refractivity contribution in [1.29, 1.82) is 5.26 Å². The van der Waals surface area contributed by atoms with E-state index in [1.807, 2.05) is 58.9 Å². The number of nitriles is 1. The maximum atomic E-state index is 11.8. The normalized spacial score (nSPS) is 11.4. The van der Waals surface area contributed by atoms with Crippen LogP contribution in [0.15, 0.2) is 42.5 Å². The summed E-state index contributed by atoms with van der Waals surface area (Å²) in [5, 5.41) is 19.2. The fraction of sp³-hybridized carbons (Fsp3) is 0.481. The van der Waals surface area contributed by atoms with Crippen LogP contribution in [-0.2, 0) is 17.6 Å². The molecule has 0 saturated heterocycles. The summed E-state index contributed by atoms with van der Waals surface area (Å²) in [4.78, 5) is 13.1. The van der Waals surface area contributed by atoms with Gasteiger partial charge in [-0.3, -0.25) is 4.90 Å². The smallest absolute Gasteiger partial charge is 0.408 e. The average molecular weight is 469 g/mol. The van der Waals surface area contributed by atoms with Crippen molar-refractivity contribution in [3.63, 3.8) is 0 Å². The van der Waals surface area contributed by atoms with Gasteiger partial charge in [0.2, 0.25) is 0 Å². The highest BCUT2D eigenvalue weighted by Gasteiger charge is 2.27. The molecule has 0 spiro atoms. The van der Waals surface area contributed by atoms with E-state index in [9.17, 15) is 15.2 Å². The van der Waals surface area contributed by atoms with Crippen LogP contribution in [0.3, 0.4) is 0 Å². The summed E-state index contributed by atoms with van der Waals surface area (Å²) in [5.41, 5.74) is 4.27. The molecular weight excluding hydrogens is 428 g/mol. The van der Waals surface area contributed by atoms with Crippen molar-refractivity contribution in [2.45, 2.75) is 85.8 Å². The molecule has 0 aliphatic carbocycles. The molecule has 0 aliphatic heterocycles. The zero-order chi connectivity index (χ0) is 25.4. The number of rotatable bonds is 7. The first-order chi connectivity index (χ1) is 15.3. The maximum Gasteiger partial charge on any atom is 0.408 e. The molecule has 0 radical (unpaired) electrons. The van der Waals surface area contributed by atoms with Crippen LogP contribution in [-0.4, -0.2) is 30.0 Å². The highest BCUT2D eigenvalue weighted by molar-refractivity contribution is 6.72. The minimum atomic E-state index is -1.74. The second kappa shape index (κ2) is 12.0. The summed E-state index contributed by atoms with van der Waals surface area (Å²) < 4.78 is 6.27. The SMILES string of the molecule is CC.CC(C)[Si](C)(C)OCc1cccc(-c2cc(C#N)cc(CN(C(=O)O)C(C)(C)C)c2)c1. The van der Waals surface area contributed by atoms with Crippen LogP contribution in [0, 0.1) is 11.3 Å². The van der Waals surface area contributed by atoms with E-state index in [1.54, 1.807) is 6.07 Å². The van der Waals surface area contributed by atoms with E-state index < -0.39 is 19.9 Å². The summed E-state index contributed by atoms with van der Waals surface area (Å²) in [6.07, 6.45) is -0.979. The Kier molecular flexibility index (Phi) is 10.3. The number of benzene rings is 2. The molecule has 0 fully saturated rings. The second-order valence-corrected chi connectivity index (χ2v) is 14.5. The van der Waals surface area contributed by atoms with Gasteiger partial charge in [-0.1, -0.05) is 45.9 Å². The lowest BCUT2D eigenvalue weighted by atomic mass is 9.97. The molecule has 2 aromatic rings. The van der Waals surface area contributed by atoms with Crippen molar-refractivity contribution in [2.75, 3.05) is 0 Å². The standard InChI is InChI=1S/C25H34N2O3Si.C2H6/c1-18(2)31(6,7)30-17-19-9-8-10-22(12-19)23-13-20(15-26)11-21(14-23)16-27(24(28)29)25(3,4)5;1-2/h8-14,18H,16-17H2,1-7H3,(H,28,29);1-2H3. The van der Waals surface area contributed by atoms with Crippen LogP contribution >= 0.6 is 0 Å². The van der Waals surface area contributed by atoms with Gasteiger partial charge in [0.15, 0.2) is 8.32 Å². The van der Waals surface area contributed by atoms with E-state index in [2.05, 4.69) is 45.1 Å². The Morgan fingerprint density at radius 2 is 1.70 bits per heavy atom. The fourth-order valence-corrected chi connectivity index (χ4v) is 3.94. The number of carboxylic acid groups (broad SMARTS) is 1. The van der Waals surface area contributed by atoms with E-state index >= 15 is 0 Å². The highest BCUT2D eigenvalue weighted by atomic mass is 28.4. The number of nitrogens with zero attached hydrogens (tertiary/aromatic N) is 2. The third-order valence-corrected chi connectivity index (χ3v) is 9.43. The van der Waals surface area contributed by atoms with Crippen LogP contribution in [0.4, 0.5) is 4.79 Å². The monoisotopic (exact) mass is 468 g/mol. The molecule has 0 bridgehead atoms. The Morgan fingerprint density at radius 3 is 2.21 bits per heavy atom. The first-order valence-corrected chi connectivity index (χ1v) is 14.6. The van der Waals surface area contributed by atoms with Crippen molar-refractivity contribution >= 4 is 14.4 Å². The van der Waals surface area contributed by atoms with Gasteiger partial charge in [0, 0.05) is 12.1 Å². The van der Waals surface area contributed by atoms with Gasteiger partial charge in [-0.05, 0) is 85.9 Å². The predicted molar refractivity (Wildman–Crippen MR) is 139 cm³/mol. The number of hydrogen-bond donors (Lipinski definition) is 1. The molecule has 0 unspecified atom stereocenters. The van der Waals surface area contributed by atoms with E-state index in [0.29, 0.717) is 17.7 Å². The zero-order valence-electron chi connectivity index (χ0n) is 21.7. The lowest BCUT2D eigenvalue weighted by Crippen LogP contribution is -2.44. The van der Waals surface area contributed by atoms with E-state index in [-0.39, 0.29) is 6.54 Å². The van der Waals surface area contributed by atoms with Gasteiger partial charge in [0.25, 0.3) is 0 Å². The summed E-state index contributed by atoms with van der Waals surface area (Å²) in [5.74, 6) is 0. The first-order valence-electron chi connectivity index (χ1n) is 11.6. The second-order valence-electron chi connectivity index (χ2n) is 9.82. The number of carbonyl (C=O) groups is 1. The third kappa shape index (κ3) is 8.34. The van der Waals surface area contributed by atoms with Gasteiger partial charge in [-0.2, -0.15) is 5.26 Å². The molecule has 1 N–H and O–H groups in total. The molecule has 2 rings (SSSR count). The summed E-state index contributed by atoms with van der Waals surface area (Å²) in [7, 11) is -1.74. The molecule has 2 aromatic carbocycles. The lowest BCUT2D eigenvalue weighted by molar-refractivity contribution is 0.0955. The molecule has 5 nitrogen and oxygen atoms in total. The Morgan fingerprint density at radius 1 is 1.09 bits per heavy atom. The van der Waals surface area contributed by atoms with Crippen LogP contribution in [0.1, 0.15) is 65.2 Å². The molecule has 0 aromatic heterocycles. The van der Waals surface area contributed by atoms with Gasteiger partial charge >= 0.3 is 6.09 Å². The topological polar surface area (TPSA) is 73.6 Å². The highest BCUT2D eigenvalue weighted by Crippen LogP contribution is 2.27. The van der Waals surface area contributed by atoms with Crippen molar-refractivity contribution in [3.8, 4) is 17.2 Å². The minimum absolute atomic E-state index is 0.221. The minimum Gasteiger partial charge on any atom is -0.465 e. The fourth-order valence-electron chi connectivity index (χ4n) is 3.07. The van der Waals surface area contributed by atoms with Gasteiger partial charge in [-0.15, -0.1) is 0 Å². The molecule has 0 aliphatic rings. The Bertz CT molecular complexity index is 972. The van der Waals surface area contributed by atoms with Gasteiger partial charge in [-0.25, -0.2) is 4.79 Å². The first kappa shape index (κ1) is 28.4. The summed E-state index contributed by atoms with van der Waals surface area (Å²) in [6.45, 7) is 19.2. The van der Waals surface area contributed by atoms with Crippen molar-refractivity contribution in [3.05, 3.63) is 59.2 Å². The molecule has 0 saturated carbocycles. The molecule has 0 atom stereocenters. The largest absolute Gasteiger partial charge is 0.465 e. The zero-order valence-corrected chi connectivity index (χ0v) is 22.7. The Balaban J connectivity index is 0.00000265. The van der Waals surface area contributed by atoms with Crippen LogP contribution in [0.25, 0.3) is 11.1 Å². The predicted octanol–water partition coefficient (Wildman–Crippen LogP) is 7.66. The van der Waals surface area contributed by atoms with E-state index in [4.69, 9.17) is 4.43 Å². The Hall–Kier alpha value is -2.62. The van der Waals surface area contributed by atoms with Crippen molar-refractivity contribution in [2.24, 2.45) is 0 Å². The van der Waals surface area contributed by atoms with Crippen LogP contribution < -0.4 is 0 Å². The van der Waals surface area contributed by atoms with Crippen LogP contribution in [0.2, 0.25) is 18.6 Å². The van der Waals surface area contributed by atoms with Crippen molar-refractivity contribution in [1.82, 2.24) is 4.90 Å². The average Bonchev–Trinajstić information content (AvgIpc) is 2.76. The number of amides is 1. The summed E-state index contributed by atoms with van der Waals surface area (Å²) >= 11 is 0.